The summed E-state index contributed by atoms with van der Waals surface area (Å²) in [6, 6.07) is 6.65. The van der Waals surface area contributed by atoms with Crippen molar-refractivity contribution in [3.05, 3.63) is 34.9 Å². The first-order valence-corrected chi connectivity index (χ1v) is 6.34. The molecule has 3 N–H and O–H groups in total. The van der Waals surface area contributed by atoms with Gasteiger partial charge in [0.1, 0.15) is 0 Å². The van der Waals surface area contributed by atoms with E-state index < -0.39 is 5.41 Å². The number of benzene rings is 1. The maximum atomic E-state index is 11.3. The molecule has 0 saturated carbocycles. The van der Waals surface area contributed by atoms with Gasteiger partial charge in [-0.15, -0.1) is 0 Å². The Morgan fingerprint density at radius 1 is 1.33 bits per heavy atom. The van der Waals surface area contributed by atoms with Crippen LogP contribution in [0.4, 0.5) is 0 Å². The first kappa shape index (κ1) is 14.7. The number of primary amides is 1. The van der Waals surface area contributed by atoms with Gasteiger partial charge in [0.25, 0.3) is 0 Å². The zero-order chi connectivity index (χ0) is 13.9. The summed E-state index contributed by atoms with van der Waals surface area (Å²) < 4.78 is 0. The Bertz CT molecular complexity index is 438. The molecule has 0 heterocycles. The van der Waals surface area contributed by atoms with E-state index in [9.17, 15) is 4.79 Å². The molecule has 0 aliphatic carbocycles. The lowest BCUT2D eigenvalue weighted by Gasteiger charge is -2.24. The van der Waals surface area contributed by atoms with Crippen molar-refractivity contribution in [3.8, 4) is 0 Å². The number of hydrogen-bond donors (Lipinski definition) is 2. The van der Waals surface area contributed by atoms with Gasteiger partial charge >= 0.3 is 0 Å². The van der Waals surface area contributed by atoms with Gasteiger partial charge < -0.3 is 11.1 Å². The zero-order valence-electron chi connectivity index (χ0n) is 12.0. The van der Waals surface area contributed by atoms with Crippen LogP contribution in [0.5, 0.6) is 0 Å². The molecule has 1 amide bonds. The van der Waals surface area contributed by atoms with Crippen LogP contribution in [-0.4, -0.2) is 12.5 Å². The molecule has 18 heavy (non-hydrogen) atoms. The Hall–Kier alpha value is -1.35. The molecule has 0 fully saturated rings. The molecular formula is C15H24N2O. The molecule has 0 aromatic heterocycles. The molecule has 3 heteroatoms. The normalized spacial score (nSPS) is 13.4. The molecule has 1 rings (SSSR count). The first-order valence-electron chi connectivity index (χ1n) is 6.34. The minimum absolute atomic E-state index is 0.211. The summed E-state index contributed by atoms with van der Waals surface area (Å²) in [5, 5.41) is 3.37. The lowest BCUT2D eigenvalue weighted by molar-refractivity contribution is -0.125. The van der Waals surface area contributed by atoms with E-state index in [1.165, 1.54) is 16.7 Å². The number of carbonyl (C=O) groups excluding carboxylic acids is 1. The molecular weight excluding hydrogens is 224 g/mol. The van der Waals surface area contributed by atoms with Crippen molar-refractivity contribution in [2.75, 3.05) is 6.54 Å². The van der Waals surface area contributed by atoms with Crippen LogP contribution in [0.1, 0.15) is 43.5 Å². The van der Waals surface area contributed by atoms with E-state index in [4.69, 9.17) is 5.73 Å². The van der Waals surface area contributed by atoms with Crippen LogP contribution < -0.4 is 11.1 Å². The van der Waals surface area contributed by atoms with Gasteiger partial charge in [-0.1, -0.05) is 18.2 Å². The topological polar surface area (TPSA) is 55.1 Å². The van der Waals surface area contributed by atoms with Gasteiger partial charge in [0.15, 0.2) is 0 Å². The van der Waals surface area contributed by atoms with Crippen LogP contribution in [0.25, 0.3) is 0 Å². The summed E-state index contributed by atoms with van der Waals surface area (Å²) in [6.45, 7) is 10.6. The molecule has 3 nitrogen and oxygen atoms in total. The number of carbonyl (C=O) groups is 1. The van der Waals surface area contributed by atoms with Gasteiger partial charge in [0.2, 0.25) is 5.91 Å². The smallest absolute Gasteiger partial charge is 0.224 e. The molecule has 0 saturated heterocycles. The van der Waals surface area contributed by atoms with Gasteiger partial charge in [-0.05, 0) is 51.3 Å². The maximum Gasteiger partial charge on any atom is 0.224 e. The molecule has 1 atom stereocenters. The van der Waals surface area contributed by atoms with Crippen molar-refractivity contribution >= 4 is 5.91 Å². The van der Waals surface area contributed by atoms with E-state index in [0.717, 1.165) is 0 Å². The Kier molecular flexibility index (Phi) is 4.52. The Balaban J connectivity index is 2.68. The first-order chi connectivity index (χ1) is 8.24. The van der Waals surface area contributed by atoms with Crippen LogP contribution in [0.3, 0.4) is 0 Å². The number of rotatable bonds is 5. The maximum absolute atomic E-state index is 11.3. The average molecular weight is 248 g/mol. The molecule has 0 bridgehead atoms. The SMILES string of the molecule is Cc1ccc(C(C)NCC(C)(C)C(N)=O)cc1C. The fourth-order valence-corrected chi connectivity index (χ4v) is 1.65. The second-order valence-electron chi connectivity index (χ2n) is 5.69. The van der Waals surface area contributed by atoms with Gasteiger partial charge in [0.05, 0.1) is 5.41 Å². The number of hydrogen-bond acceptors (Lipinski definition) is 2. The third kappa shape index (κ3) is 3.57. The minimum Gasteiger partial charge on any atom is -0.369 e. The summed E-state index contributed by atoms with van der Waals surface area (Å²) in [5.41, 5.74) is 8.66. The van der Waals surface area contributed by atoms with Crippen molar-refractivity contribution in [2.24, 2.45) is 11.1 Å². The van der Waals surface area contributed by atoms with Crippen LogP contribution in [-0.2, 0) is 4.79 Å². The highest BCUT2D eigenvalue weighted by Crippen LogP contribution is 2.19. The third-order valence-corrected chi connectivity index (χ3v) is 3.55. The predicted octanol–water partition coefficient (Wildman–Crippen LogP) is 2.47. The molecule has 0 radical (unpaired) electrons. The summed E-state index contributed by atoms with van der Waals surface area (Å²) in [4.78, 5) is 11.3. The summed E-state index contributed by atoms with van der Waals surface area (Å²) in [5.74, 6) is -0.276. The Morgan fingerprint density at radius 2 is 1.94 bits per heavy atom. The third-order valence-electron chi connectivity index (χ3n) is 3.55. The largest absolute Gasteiger partial charge is 0.369 e. The fourth-order valence-electron chi connectivity index (χ4n) is 1.65. The van der Waals surface area contributed by atoms with E-state index in [1.54, 1.807) is 0 Å². The zero-order valence-corrected chi connectivity index (χ0v) is 12.0. The fraction of sp³-hybridized carbons (Fsp3) is 0.533. The number of amides is 1. The standard InChI is InChI=1S/C15H24N2O/c1-10-6-7-13(8-11(10)2)12(3)17-9-15(4,5)14(16)18/h6-8,12,17H,9H2,1-5H3,(H2,16,18). The van der Waals surface area contributed by atoms with E-state index in [0.29, 0.717) is 6.54 Å². The van der Waals surface area contributed by atoms with Crippen molar-refractivity contribution in [2.45, 2.75) is 40.7 Å². The predicted molar refractivity (Wildman–Crippen MR) is 75.3 cm³/mol. The molecule has 1 aromatic carbocycles. The monoisotopic (exact) mass is 248 g/mol. The van der Waals surface area contributed by atoms with E-state index in [-0.39, 0.29) is 11.9 Å². The van der Waals surface area contributed by atoms with E-state index in [1.807, 2.05) is 13.8 Å². The van der Waals surface area contributed by atoms with Crippen LogP contribution >= 0.6 is 0 Å². The lowest BCUT2D eigenvalue weighted by atomic mass is 9.92. The van der Waals surface area contributed by atoms with Gasteiger partial charge in [-0.2, -0.15) is 0 Å². The molecule has 100 valence electrons. The van der Waals surface area contributed by atoms with Crippen molar-refractivity contribution < 1.29 is 4.79 Å². The number of nitrogens with two attached hydrogens (primary N) is 1. The molecule has 1 aromatic rings. The van der Waals surface area contributed by atoms with Gasteiger partial charge in [-0.3, -0.25) is 4.79 Å². The highest BCUT2D eigenvalue weighted by atomic mass is 16.1. The average Bonchev–Trinajstić information content (AvgIpc) is 2.29. The molecule has 0 aliphatic heterocycles. The quantitative estimate of drug-likeness (QED) is 0.841. The van der Waals surface area contributed by atoms with Crippen molar-refractivity contribution in [1.29, 1.82) is 0 Å². The highest BCUT2D eigenvalue weighted by molar-refractivity contribution is 5.80. The molecule has 0 spiro atoms. The highest BCUT2D eigenvalue weighted by Gasteiger charge is 2.25. The van der Waals surface area contributed by atoms with Crippen LogP contribution in [0, 0.1) is 19.3 Å². The van der Waals surface area contributed by atoms with Gasteiger partial charge in [-0.25, -0.2) is 0 Å². The van der Waals surface area contributed by atoms with Gasteiger partial charge in [0, 0.05) is 12.6 Å². The van der Waals surface area contributed by atoms with Crippen LogP contribution in [0.15, 0.2) is 18.2 Å². The molecule has 1 unspecified atom stereocenters. The second kappa shape index (κ2) is 5.53. The molecule has 0 aliphatic rings. The number of nitrogens with one attached hydrogen (secondary N) is 1. The second-order valence-corrected chi connectivity index (χ2v) is 5.69. The summed E-state index contributed by atoms with van der Waals surface area (Å²) in [7, 11) is 0. The van der Waals surface area contributed by atoms with Crippen molar-refractivity contribution in [3.63, 3.8) is 0 Å². The van der Waals surface area contributed by atoms with Crippen molar-refractivity contribution in [1.82, 2.24) is 5.32 Å². The van der Waals surface area contributed by atoms with E-state index >= 15 is 0 Å². The van der Waals surface area contributed by atoms with E-state index in [2.05, 4.69) is 44.3 Å². The Labute approximate surface area is 110 Å². The lowest BCUT2D eigenvalue weighted by Crippen LogP contribution is -2.41. The minimum atomic E-state index is -0.520. The summed E-state index contributed by atoms with van der Waals surface area (Å²) in [6.07, 6.45) is 0. The number of aryl methyl sites for hydroxylation is 2. The van der Waals surface area contributed by atoms with Crippen LogP contribution in [0.2, 0.25) is 0 Å². The summed E-state index contributed by atoms with van der Waals surface area (Å²) >= 11 is 0. The Morgan fingerprint density at radius 3 is 2.44 bits per heavy atom.